The van der Waals surface area contributed by atoms with Gasteiger partial charge >= 0.3 is 0 Å². The Morgan fingerprint density at radius 2 is 2.13 bits per heavy atom. The Kier molecular flexibility index (Phi) is 2.78. The second-order valence-corrected chi connectivity index (χ2v) is 4.02. The molecule has 0 radical (unpaired) electrons. The van der Waals surface area contributed by atoms with Crippen molar-refractivity contribution in [1.29, 1.82) is 0 Å². The zero-order chi connectivity index (χ0) is 10.8. The lowest BCUT2D eigenvalue weighted by Crippen LogP contribution is -2.36. The van der Waals surface area contributed by atoms with Gasteiger partial charge in [0.15, 0.2) is 0 Å². The van der Waals surface area contributed by atoms with Gasteiger partial charge < -0.3 is 0 Å². The first-order chi connectivity index (χ1) is 7.22. The zero-order valence-corrected chi connectivity index (χ0v) is 9.64. The summed E-state index contributed by atoms with van der Waals surface area (Å²) in [4.78, 5) is 0. The number of hydrazine groups is 1. The molecule has 1 aromatic carbocycles. The number of nitrogens with zero attached hydrogens (tertiary/aromatic N) is 2. The molecule has 1 atom stereocenters. The molecule has 0 aromatic heterocycles. The van der Waals surface area contributed by atoms with Gasteiger partial charge in [0.05, 0.1) is 5.69 Å². The molecule has 0 amide bonds. The molecule has 2 rings (SSSR count). The molecule has 1 aliphatic heterocycles. The number of hydrogen-bond acceptors (Lipinski definition) is 2. The summed E-state index contributed by atoms with van der Waals surface area (Å²) >= 11 is 0. The fourth-order valence-corrected chi connectivity index (χ4v) is 1.82. The molecule has 1 unspecified atom stereocenters. The molecule has 1 heterocycles. The monoisotopic (exact) mass is 202 g/mol. The Hall–Kier alpha value is -1.28. The lowest BCUT2D eigenvalue weighted by Gasteiger charge is -2.28. The smallest absolute Gasteiger partial charge is 0.0575 e. The molecule has 80 valence electrons. The number of likely N-dealkylation sites (N-methyl/N-ethyl adjacent to an activating group) is 1. The average molecular weight is 202 g/mol. The van der Waals surface area contributed by atoms with E-state index in [1.807, 2.05) is 0 Å². The maximum absolute atomic E-state index is 2.25. The summed E-state index contributed by atoms with van der Waals surface area (Å²) in [6, 6.07) is 9.18. The van der Waals surface area contributed by atoms with Gasteiger partial charge in [-0.3, -0.25) is 5.01 Å². The van der Waals surface area contributed by atoms with Crippen molar-refractivity contribution in [2.24, 2.45) is 0 Å². The van der Waals surface area contributed by atoms with Crippen LogP contribution in [0.5, 0.6) is 0 Å². The normalized spacial score (nSPS) is 21.3. The second-order valence-electron chi connectivity index (χ2n) is 4.02. The largest absolute Gasteiger partial charge is 0.282 e. The predicted octanol–water partition coefficient (Wildman–Crippen LogP) is 2.82. The van der Waals surface area contributed by atoms with E-state index >= 15 is 0 Å². The van der Waals surface area contributed by atoms with Crippen molar-refractivity contribution >= 4 is 5.69 Å². The molecule has 0 fully saturated rings. The summed E-state index contributed by atoms with van der Waals surface area (Å²) < 4.78 is 0. The van der Waals surface area contributed by atoms with E-state index in [1.54, 1.807) is 0 Å². The molecule has 1 aliphatic rings. The van der Waals surface area contributed by atoms with Crippen LogP contribution in [0.1, 0.15) is 19.4 Å². The minimum Gasteiger partial charge on any atom is -0.282 e. The van der Waals surface area contributed by atoms with Gasteiger partial charge in [0.2, 0.25) is 0 Å². The molecule has 0 N–H and O–H groups in total. The van der Waals surface area contributed by atoms with E-state index in [2.05, 4.69) is 67.5 Å². The van der Waals surface area contributed by atoms with Gasteiger partial charge in [-0.2, -0.15) is 0 Å². The van der Waals surface area contributed by atoms with Gasteiger partial charge in [0.25, 0.3) is 0 Å². The minimum absolute atomic E-state index is 0.482. The first-order valence-electron chi connectivity index (χ1n) is 5.51. The highest BCUT2D eigenvalue weighted by molar-refractivity contribution is 5.51. The summed E-state index contributed by atoms with van der Waals surface area (Å²) in [6.45, 7) is 4.38. The van der Waals surface area contributed by atoms with Crippen LogP contribution in [0, 0.1) is 0 Å². The Morgan fingerprint density at radius 3 is 2.73 bits per heavy atom. The molecule has 0 saturated heterocycles. The van der Waals surface area contributed by atoms with E-state index in [-0.39, 0.29) is 0 Å². The van der Waals surface area contributed by atoms with E-state index in [0.29, 0.717) is 6.04 Å². The number of rotatable bonds is 2. The predicted molar refractivity (Wildman–Crippen MR) is 64.7 cm³/mol. The highest BCUT2D eigenvalue weighted by Crippen LogP contribution is 2.23. The molecule has 0 spiro atoms. The van der Waals surface area contributed by atoms with Crippen LogP contribution in [-0.4, -0.2) is 18.1 Å². The Morgan fingerprint density at radius 1 is 1.33 bits per heavy atom. The number of anilines is 1. The van der Waals surface area contributed by atoms with E-state index in [0.717, 1.165) is 6.42 Å². The standard InChI is InChI=1S/C13H18N2/c1-4-12-6-5-7-13(10-12)15-9-8-11(2)14(15)3/h5-11H,4H2,1-3H3. The minimum atomic E-state index is 0.482. The molecule has 0 saturated carbocycles. The van der Waals surface area contributed by atoms with Crippen LogP contribution in [0.25, 0.3) is 0 Å². The molecule has 15 heavy (non-hydrogen) atoms. The Bertz CT molecular complexity index is 371. The fourth-order valence-electron chi connectivity index (χ4n) is 1.82. The van der Waals surface area contributed by atoms with E-state index in [1.165, 1.54) is 11.3 Å². The maximum Gasteiger partial charge on any atom is 0.0575 e. The van der Waals surface area contributed by atoms with E-state index < -0.39 is 0 Å². The third-order valence-electron chi connectivity index (χ3n) is 3.02. The second kappa shape index (κ2) is 4.07. The van der Waals surface area contributed by atoms with Crippen molar-refractivity contribution in [3.8, 4) is 0 Å². The fraction of sp³-hybridized carbons (Fsp3) is 0.385. The van der Waals surface area contributed by atoms with Crippen LogP contribution in [0.15, 0.2) is 36.5 Å². The van der Waals surface area contributed by atoms with Crippen LogP contribution in [0.3, 0.4) is 0 Å². The van der Waals surface area contributed by atoms with E-state index in [4.69, 9.17) is 0 Å². The summed E-state index contributed by atoms with van der Waals surface area (Å²) in [6.07, 6.45) is 5.43. The van der Waals surface area contributed by atoms with Crippen molar-refractivity contribution in [3.05, 3.63) is 42.1 Å². The maximum atomic E-state index is 2.25. The van der Waals surface area contributed by atoms with Crippen molar-refractivity contribution in [2.45, 2.75) is 26.3 Å². The number of aryl methyl sites for hydroxylation is 1. The first-order valence-corrected chi connectivity index (χ1v) is 5.51. The first kappa shape index (κ1) is 10.2. The van der Waals surface area contributed by atoms with Crippen molar-refractivity contribution in [1.82, 2.24) is 5.01 Å². The highest BCUT2D eigenvalue weighted by Gasteiger charge is 2.19. The lowest BCUT2D eigenvalue weighted by atomic mass is 10.1. The van der Waals surface area contributed by atoms with Crippen LogP contribution in [0.2, 0.25) is 0 Å². The molecular weight excluding hydrogens is 184 g/mol. The van der Waals surface area contributed by atoms with Crippen molar-refractivity contribution in [3.63, 3.8) is 0 Å². The van der Waals surface area contributed by atoms with Gasteiger partial charge in [-0.05, 0) is 37.1 Å². The van der Waals surface area contributed by atoms with Crippen LogP contribution >= 0.6 is 0 Å². The third-order valence-corrected chi connectivity index (χ3v) is 3.02. The molecular formula is C13H18N2. The van der Waals surface area contributed by atoms with Crippen molar-refractivity contribution in [2.75, 3.05) is 12.1 Å². The van der Waals surface area contributed by atoms with Gasteiger partial charge in [-0.1, -0.05) is 19.1 Å². The van der Waals surface area contributed by atoms with Crippen LogP contribution in [-0.2, 0) is 6.42 Å². The molecule has 0 bridgehead atoms. The van der Waals surface area contributed by atoms with Crippen LogP contribution in [0.4, 0.5) is 5.69 Å². The summed E-state index contributed by atoms with van der Waals surface area (Å²) in [5, 5.41) is 4.43. The summed E-state index contributed by atoms with van der Waals surface area (Å²) in [5.74, 6) is 0. The Labute approximate surface area is 91.8 Å². The highest BCUT2D eigenvalue weighted by atomic mass is 15.6. The van der Waals surface area contributed by atoms with Gasteiger partial charge in [-0.25, -0.2) is 5.01 Å². The van der Waals surface area contributed by atoms with E-state index in [9.17, 15) is 0 Å². The summed E-state index contributed by atoms with van der Waals surface area (Å²) in [7, 11) is 2.11. The summed E-state index contributed by atoms with van der Waals surface area (Å²) in [5.41, 5.74) is 2.63. The number of benzene rings is 1. The van der Waals surface area contributed by atoms with Gasteiger partial charge in [0.1, 0.15) is 0 Å². The molecule has 2 nitrogen and oxygen atoms in total. The average Bonchev–Trinajstić information content (AvgIpc) is 2.60. The number of hydrogen-bond donors (Lipinski definition) is 0. The van der Waals surface area contributed by atoms with Gasteiger partial charge in [-0.15, -0.1) is 0 Å². The van der Waals surface area contributed by atoms with Crippen molar-refractivity contribution < 1.29 is 0 Å². The molecule has 1 aromatic rings. The SMILES string of the molecule is CCc1cccc(N2C=CC(C)N2C)c1. The molecule has 0 aliphatic carbocycles. The quantitative estimate of drug-likeness (QED) is 0.727. The third kappa shape index (κ3) is 1.90. The topological polar surface area (TPSA) is 6.48 Å². The van der Waals surface area contributed by atoms with Crippen LogP contribution < -0.4 is 5.01 Å². The zero-order valence-electron chi connectivity index (χ0n) is 9.64. The molecule has 2 heteroatoms. The van der Waals surface area contributed by atoms with Gasteiger partial charge in [0, 0.05) is 19.3 Å². The Balaban J connectivity index is 2.26. The lowest BCUT2D eigenvalue weighted by molar-refractivity contribution is 0.322.